The van der Waals surface area contributed by atoms with Crippen LogP contribution in [0, 0.1) is 5.92 Å². The molecule has 0 saturated heterocycles. The first-order chi connectivity index (χ1) is 13.4. The molecule has 0 aromatic carbocycles. The van der Waals surface area contributed by atoms with Crippen LogP contribution in [0.5, 0.6) is 0 Å². The molecule has 0 saturated carbocycles. The van der Waals surface area contributed by atoms with Gasteiger partial charge in [0.2, 0.25) is 0 Å². The summed E-state index contributed by atoms with van der Waals surface area (Å²) in [5, 5.41) is 0. The van der Waals surface area contributed by atoms with Gasteiger partial charge in [-0.2, -0.15) is 0 Å². The Balaban J connectivity index is 5.03. The summed E-state index contributed by atoms with van der Waals surface area (Å²) in [5.41, 5.74) is 1.32. The minimum atomic E-state index is -2.18. The fraction of sp³-hybridized carbons (Fsp3) is 0.720. The molecule has 0 aliphatic carbocycles. The van der Waals surface area contributed by atoms with Crippen LogP contribution in [0.1, 0.15) is 86.5 Å². The van der Waals surface area contributed by atoms with E-state index in [0.29, 0.717) is 13.0 Å². The van der Waals surface area contributed by atoms with Crippen LogP contribution in [-0.4, -0.2) is 31.0 Å². The van der Waals surface area contributed by atoms with Crippen molar-refractivity contribution in [1.82, 2.24) is 0 Å². The number of esters is 1. The van der Waals surface area contributed by atoms with Crippen molar-refractivity contribution in [2.45, 2.75) is 99.8 Å². The van der Waals surface area contributed by atoms with E-state index in [1.807, 2.05) is 6.92 Å². The Labute approximate surface area is 179 Å². The molecule has 0 aliphatic heterocycles. The molecule has 0 aromatic rings. The molecule has 0 spiro atoms. The molecule has 0 aliphatic rings. The van der Waals surface area contributed by atoms with Gasteiger partial charge in [-0.1, -0.05) is 0 Å². The Morgan fingerprint density at radius 1 is 0.964 bits per heavy atom. The molecule has 3 heteroatoms. The average Bonchev–Trinajstić information content (AvgIpc) is 2.67. The van der Waals surface area contributed by atoms with Crippen molar-refractivity contribution >= 4 is 24.3 Å². The third-order valence-corrected chi connectivity index (χ3v) is 19.4. The van der Waals surface area contributed by atoms with Crippen LogP contribution < -0.4 is 0 Å². The maximum absolute atomic E-state index is 11.5. The van der Waals surface area contributed by atoms with Crippen LogP contribution in [0.15, 0.2) is 34.0 Å². The van der Waals surface area contributed by atoms with E-state index in [2.05, 4.69) is 63.0 Å². The zero-order valence-corrected chi connectivity index (χ0v) is 22.4. The summed E-state index contributed by atoms with van der Waals surface area (Å²) in [7, 11) is 0. The van der Waals surface area contributed by atoms with Crippen molar-refractivity contribution in [3.8, 4) is 0 Å². The van der Waals surface area contributed by atoms with Crippen LogP contribution in [-0.2, 0) is 9.53 Å². The zero-order valence-electron chi connectivity index (χ0n) is 19.6. The molecular weight excluding hydrogens is 451 g/mol. The minimum absolute atomic E-state index is 0.109. The molecule has 28 heavy (non-hydrogen) atoms. The quantitative estimate of drug-likeness (QED) is 0.123. The van der Waals surface area contributed by atoms with Gasteiger partial charge in [-0.3, -0.25) is 0 Å². The topological polar surface area (TPSA) is 26.3 Å². The van der Waals surface area contributed by atoms with Gasteiger partial charge in [-0.05, 0) is 0 Å². The Morgan fingerprint density at radius 3 is 1.96 bits per heavy atom. The van der Waals surface area contributed by atoms with Gasteiger partial charge in [0, 0.05) is 0 Å². The average molecular weight is 497 g/mol. The maximum atomic E-state index is 11.5. The summed E-state index contributed by atoms with van der Waals surface area (Å²) in [5.74, 6) is 0.103. The van der Waals surface area contributed by atoms with Gasteiger partial charge in [-0.15, -0.1) is 0 Å². The summed E-state index contributed by atoms with van der Waals surface area (Å²) >= 11 is -2.18. The van der Waals surface area contributed by atoms with E-state index < -0.39 is 18.4 Å². The standard InChI is InChI=1S/C13H19O2.3C4H9.Sn/c1-5-11(3)8-7-9-12(4)10-13(14)15-6-2;3*1-3-4-2;/h1,5,7-9,12H,6,10H2,2-4H3;3*1,3-4H2,2H3;/b5-1?,9-7-,11-8-;;;;/t12-;;;;/m1..../s1. The van der Waals surface area contributed by atoms with Crippen molar-refractivity contribution in [3.05, 3.63) is 34.0 Å². The molecule has 0 bridgehead atoms. The van der Waals surface area contributed by atoms with Gasteiger partial charge in [-0.25, -0.2) is 0 Å². The van der Waals surface area contributed by atoms with E-state index in [9.17, 15) is 4.79 Å². The summed E-state index contributed by atoms with van der Waals surface area (Å²) in [6.07, 6.45) is 17.4. The van der Waals surface area contributed by atoms with E-state index >= 15 is 0 Å². The van der Waals surface area contributed by atoms with Crippen molar-refractivity contribution in [2.24, 2.45) is 5.92 Å². The van der Waals surface area contributed by atoms with Gasteiger partial charge in [0.1, 0.15) is 0 Å². The van der Waals surface area contributed by atoms with Crippen molar-refractivity contribution < 1.29 is 9.53 Å². The normalized spacial score (nSPS) is 14.1. The molecule has 162 valence electrons. The molecule has 0 N–H and O–H groups in total. The SMILES string of the molecule is CCC[CH2][Sn](/[CH]=C/C(C)=C\C=C/[C@@H](C)CC(=O)OCC)([CH2]CCC)[CH2]CCC. The molecule has 0 aromatic heterocycles. The number of hydrogen-bond acceptors (Lipinski definition) is 2. The van der Waals surface area contributed by atoms with E-state index in [1.165, 1.54) is 57.4 Å². The van der Waals surface area contributed by atoms with Gasteiger partial charge in [0.25, 0.3) is 0 Å². The predicted molar refractivity (Wildman–Crippen MR) is 127 cm³/mol. The second-order valence-corrected chi connectivity index (χ2v) is 21.3. The van der Waals surface area contributed by atoms with Gasteiger partial charge < -0.3 is 0 Å². The van der Waals surface area contributed by atoms with Crippen LogP contribution in [0.25, 0.3) is 0 Å². The van der Waals surface area contributed by atoms with Crippen molar-refractivity contribution in [1.29, 1.82) is 0 Å². The van der Waals surface area contributed by atoms with Crippen LogP contribution >= 0.6 is 0 Å². The fourth-order valence-electron chi connectivity index (χ4n) is 3.52. The third-order valence-electron chi connectivity index (χ3n) is 5.38. The Hall–Kier alpha value is -0.511. The molecule has 0 rings (SSSR count). The monoisotopic (exact) mass is 498 g/mol. The molecule has 1 atom stereocenters. The number of ether oxygens (including phenoxy) is 1. The Kier molecular flexibility index (Phi) is 17.0. The molecule has 0 radical (unpaired) electrons. The number of carbonyl (C=O) groups is 1. The van der Waals surface area contributed by atoms with Crippen LogP contribution in [0.3, 0.4) is 0 Å². The number of unbranched alkanes of at least 4 members (excludes halogenated alkanes) is 3. The van der Waals surface area contributed by atoms with E-state index in [4.69, 9.17) is 4.74 Å². The van der Waals surface area contributed by atoms with E-state index in [-0.39, 0.29) is 11.9 Å². The number of allylic oxidation sites excluding steroid dienone is 5. The van der Waals surface area contributed by atoms with Crippen LogP contribution in [0.2, 0.25) is 13.3 Å². The zero-order chi connectivity index (χ0) is 21.3. The molecular formula is C25H46O2Sn. The first-order valence-electron chi connectivity index (χ1n) is 11.6. The number of hydrogen-bond donors (Lipinski definition) is 0. The summed E-state index contributed by atoms with van der Waals surface area (Å²) < 4.78 is 12.3. The van der Waals surface area contributed by atoms with Crippen LogP contribution in [0.4, 0.5) is 0 Å². The second-order valence-electron chi connectivity index (χ2n) is 8.29. The predicted octanol–water partition coefficient (Wildman–Crippen LogP) is 8.02. The van der Waals surface area contributed by atoms with Gasteiger partial charge >= 0.3 is 180 Å². The van der Waals surface area contributed by atoms with Gasteiger partial charge in [0.15, 0.2) is 0 Å². The van der Waals surface area contributed by atoms with E-state index in [1.54, 1.807) is 0 Å². The number of carbonyl (C=O) groups excluding carboxylic acids is 1. The third kappa shape index (κ3) is 13.6. The van der Waals surface area contributed by atoms with Crippen molar-refractivity contribution in [3.63, 3.8) is 0 Å². The number of rotatable bonds is 16. The summed E-state index contributed by atoms with van der Waals surface area (Å²) in [6.45, 7) is 13.6. The summed E-state index contributed by atoms with van der Waals surface area (Å²) in [6, 6.07) is 0. The summed E-state index contributed by atoms with van der Waals surface area (Å²) in [4.78, 5) is 11.5. The molecule has 2 nitrogen and oxygen atoms in total. The van der Waals surface area contributed by atoms with Gasteiger partial charge in [0.05, 0.1) is 0 Å². The van der Waals surface area contributed by atoms with E-state index in [0.717, 1.165) is 0 Å². The molecule has 0 fully saturated rings. The molecule has 0 heterocycles. The Bertz CT molecular complexity index is 469. The fourth-order valence-corrected chi connectivity index (χ4v) is 17.9. The molecule has 0 unspecified atom stereocenters. The Morgan fingerprint density at radius 2 is 1.50 bits per heavy atom. The van der Waals surface area contributed by atoms with Crippen molar-refractivity contribution in [2.75, 3.05) is 6.61 Å². The second kappa shape index (κ2) is 17.4. The molecule has 0 amide bonds. The first kappa shape index (κ1) is 27.5. The first-order valence-corrected chi connectivity index (χ1v) is 19.3.